The number of benzene rings is 1. The Kier molecular flexibility index (Phi) is 6.93. The molecule has 0 saturated carbocycles. The first-order valence-electron chi connectivity index (χ1n) is 6.20. The summed E-state index contributed by atoms with van der Waals surface area (Å²) in [6.07, 6.45) is 1.60. The van der Waals surface area contributed by atoms with Crippen LogP contribution >= 0.6 is 31.9 Å². The van der Waals surface area contributed by atoms with E-state index in [9.17, 15) is 8.42 Å². The van der Waals surface area contributed by atoms with E-state index >= 15 is 0 Å². The van der Waals surface area contributed by atoms with E-state index in [1.165, 1.54) is 4.31 Å². The zero-order valence-corrected chi connectivity index (χ0v) is 15.1. The van der Waals surface area contributed by atoms with E-state index in [4.69, 9.17) is 10.8 Å². The number of halogens is 2. The summed E-state index contributed by atoms with van der Waals surface area (Å²) in [6, 6.07) is 3.19. The Morgan fingerprint density at radius 2 is 1.95 bits per heavy atom. The van der Waals surface area contributed by atoms with Crippen molar-refractivity contribution in [1.82, 2.24) is 4.31 Å². The predicted molar refractivity (Wildman–Crippen MR) is 87.0 cm³/mol. The van der Waals surface area contributed by atoms with Gasteiger partial charge in [0.15, 0.2) is 0 Å². The Hall–Kier alpha value is -0.150. The molecule has 0 atom stereocenters. The number of anilines is 1. The van der Waals surface area contributed by atoms with Crippen LogP contribution in [0.25, 0.3) is 0 Å². The number of sulfonamides is 1. The molecule has 0 spiro atoms. The maximum absolute atomic E-state index is 12.7. The average Bonchev–Trinajstić information content (AvgIpc) is 2.32. The fourth-order valence-electron chi connectivity index (χ4n) is 1.78. The molecule has 0 saturated heterocycles. The second-order valence-electron chi connectivity index (χ2n) is 4.29. The summed E-state index contributed by atoms with van der Waals surface area (Å²) in [6.45, 7) is 2.18. The van der Waals surface area contributed by atoms with Gasteiger partial charge in [0.1, 0.15) is 4.90 Å². The van der Waals surface area contributed by atoms with Gasteiger partial charge in [-0.15, -0.1) is 0 Å². The smallest absolute Gasteiger partial charge is 0.246 e. The van der Waals surface area contributed by atoms with Crippen LogP contribution in [0.4, 0.5) is 5.69 Å². The van der Waals surface area contributed by atoms with E-state index in [-0.39, 0.29) is 23.7 Å². The Morgan fingerprint density at radius 1 is 1.30 bits per heavy atom. The first-order valence-corrected chi connectivity index (χ1v) is 9.22. The first-order chi connectivity index (χ1) is 9.34. The number of aliphatic hydroxyl groups is 1. The lowest BCUT2D eigenvalue weighted by molar-refractivity contribution is 0.252. The third-order valence-electron chi connectivity index (χ3n) is 2.75. The monoisotopic (exact) mass is 428 g/mol. The maximum atomic E-state index is 12.7. The fourth-order valence-corrected chi connectivity index (χ4v) is 5.26. The third kappa shape index (κ3) is 4.17. The van der Waals surface area contributed by atoms with Gasteiger partial charge in [0.2, 0.25) is 10.0 Å². The molecule has 5 nitrogen and oxygen atoms in total. The quantitative estimate of drug-likeness (QED) is 0.652. The van der Waals surface area contributed by atoms with Crippen molar-refractivity contribution < 1.29 is 13.5 Å². The second-order valence-corrected chi connectivity index (χ2v) is 7.93. The standard InChI is InChI=1S/C12H18Br2N2O3S/c1-2-3-4-16(5-6-17)20(18,19)12-10(14)7-9(13)8-11(12)15/h7-8,17H,2-6,15H2,1H3. The zero-order chi connectivity index (χ0) is 15.3. The van der Waals surface area contributed by atoms with Crippen molar-refractivity contribution in [3.63, 3.8) is 0 Å². The topological polar surface area (TPSA) is 83.6 Å². The molecule has 0 aliphatic heterocycles. The zero-order valence-electron chi connectivity index (χ0n) is 11.1. The summed E-state index contributed by atoms with van der Waals surface area (Å²) in [7, 11) is -3.73. The van der Waals surface area contributed by atoms with Gasteiger partial charge in [-0.1, -0.05) is 29.3 Å². The number of rotatable bonds is 7. The third-order valence-corrected chi connectivity index (χ3v) is 6.11. The van der Waals surface area contributed by atoms with Crippen molar-refractivity contribution >= 4 is 47.6 Å². The molecule has 0 bridgehead atoms. The predicted octanol–water partition coefficient (Wildman–Crippen LogP) is 2.58. The van der Waals surface area contributed by atoms with Crippen molar-refractivity contribution in [2.75, 3.05) is 25.4 Å². The highest BCUT2D eigenvalue weighted by molar-refractivity contribution is 9.11. The van der Waals surface area contributed by atoms with Gasteiger partial charge in [-0.25, -0.2) is 8.42 Å². The second kappa shape index (κ2) is 7.74. The summed E-state index contributed by atoms with van der Waals surface area (Å²) >= 11 is 6.51. The molecule has 0 aliphatic rings. The lowest BCUT2D eigenvalue weighted by Crippen LogP contribution is -2.35. The van der Waals surface area contributed by atoms with E-state index < -0.39 is 10.0 Å². The summed E-state index contributed by atoms with van der Waals surface area (Å²) in [5.41, 5.74) is 6.01. The average molecular weight is 430 g/mol. The van der Waals surface area contributed by atoms with Crippen LogP contribution in [0.3, 0.4) is 0 Å². The van der Waals surface area contributed by atoms with Gasteiger partial charge in [0.05, 0.1) is 12.3 Å². The molecule has 3 N–H and O–H groups in total. The van der Waals surface area contributed by atoms with Crippen LogP contribution < -0.4 is 5.73 Å². The van der Waals surface area contributed by atoms with E-state index in [1.807, 2.05) is 6.92 Å². The molecule has 0 radical (unpaired) electrons. The Bertz CT molecular complexity index is 541. The highest BCUT2D eigenvalue weighted by Gasteiger charge is 2.28. The molecule has 1 aromatic rings. The molecule has 8 heteroatoms. The van der Waals surface area contributed by atoms with E-state index in [1.54, 1.807) is 12.1 Å². The number of hydrogen-bond acceptors (Lipinski definition) is 4. The molecule has 20 heavy (non-hydrogen) atoms. The number of unbranched alkanes of at least 4 members (excludes halogenated alkanes) is 1. The van der Waals surface area contributed by atoms with Gasteiger partial charge >= 0.3 is 0 Å². The van der Waals surface area contributed by atoms with Crippen molar-refractivity contribution in [2.45, 2.75) is 24.7 Å². The minimum Gasteiger partial charge on any atom is -0.398 e. The van der Waals surface area contributed by atoms with Crippen molar-refractivity contribution in [3.8, 4) is 0 Å². The SMILES string of the molecule is CCCCN(CCO)S(=O)(=O)c1c(N)cc(Br)cc1Br. The van der Waals surface area contributed by atoms with Crippen LogP contribution in [0, 0.1) is 0 Å². The number of aliphatic hydroxyl groups excluding tert-OH is 1. The summed E-state index contributed by atoms with van der Waals surface area (Å²) in [4.78, 5) is 0.0465. The lowest BCUT2D eigenvalue weighted by Gasteiger charge is -2.22. The van der Waals surface area contributed by atoms with Crippen LogP contribution in [0.2, 0.25) is 0 Å². The van der Waals surface area contributed by atoms with Gasteiger partial charge in [-0.3, -0.25) is 0 Å². The summed E-state index contributed by atoms with van der Waals surface area (Å²) < 4.78 is 27.7. The first kappa shape index (κ1) is 17.9. The number of nitrogen functional groups attached to an aromatic ring is 1. The molecular formula is C12H18Br2N2O3S. The van der Waals surface area contributed by atoms with Gasteiger partial charge < -0.3 is 10.8 Å². The molecule has 114 valence electrons. The van der Waals surface area contributed by atoms with Crippen LogP contribution in [0.5, 0.6) is 0 Å². The maximum Gasteiger partial charge on any atom is 0.246 e. The Balaban J connectivity index is 3.26. The molecule has 0 amide bonds. The van der Waals surface area contributed by atoms with Gasteiger partial charge in [0, 0.05) is 22.0 Å². The van der Waals surface area contributed by atoms with Crippen molar-refractivity contribution in [3.05, 3.63) is 21.1 Å². The molecule has 0 fully saturated rings. The van der Waals surface area contributed by atoms with Crippen LogP contribution in [-0.4, -0.2) is 37.5 Å². The van der Waals surface area contributed by atoms with E-state index in [2.05, 4.69) is 31.9 Å². The molecule has 0 unspecified atom stereocenters. The molecule has 0 aromatic heterocycles. The molecule has 1 rings (SSSR count). The van der Waals surface area contributed by atoms with Gasteiger partial charge in [-0.2, -0.15) is 4.31 Å². The van der Waals surface area contributed by atoms with Crippen LogP contribution in [0.15, 0.2) is 26.0 Å². The van der Waals surface area contributed by atoms with Gasteiger partial charge in [0.25, 0.3) is 0 Å². The molecule has 1 aromatic carbocycles. The molecule has 0 heterocycles. The highest BCUT2D eigenvalue weighted by Crippen LogP contribution is 2.33. The van der Waals surface area contributed by atoms with Crippen LogP contribution in [0.1, 0.15) is 19.8 Å². The lowest BCUT2D eigenvalue weighted by atomic mass is 10.3. The number of hydrogen-bond donors (Lipinski definition) is 2. The van der Waals surface area contributed by atoms with Crippen molar-refractivity contribution in [1.29, 1.82) is 0 Å². The Morgan fingerprint density at radius 3 is 2.45 bits per heavy atom. The summed E-state index contributed by atoms with van der Waals surface area (Å²) in [5, 5.41) is 9.07. The molecule has 0 aliphatic carbocycles. The van der Waals surface area contributed by atoms with E-state index in [0.717, 1.165) is 12.8 Å². The van der Waals surface area contributed by atoms with Gasteiger partial charge in [-0.05, 0) is 34.5 Å². The fraction of sp³-hybridized carbons (Fsp3) is 0.500. The highest BCUT2D eigenvalue weighted by atomic mass is 79.9. The van der Waals surface area contributed by atoms with Crippen molar-refractivity contribution in [2.24, 2.45) is 0 Å². The van der Waals surface area contributed by atoms with E-state index in [0.29, 0.717) is 15.5 Å². The normalized spacial score (nSPS) is 12.1. The number of nitrogens with two attached hydrogens (primary N) is 1. The molecular weight excluding hydrogens is 412 g/mol. The minimum absolute atomic E-state index is 0.0465. The minimum atomic E-state index is -3.73. The van der Waals surface area contributed by atoms with Crippen LogP contribution in [-0.2, 0) is 10.0 Å². The Labute approximate surface area is 136 Å². The summed E-state index contributed by atoms with van der Waals surface area (Å²) in [5.74, 6) is 0. The number of nitrogens with zero attached hydrogens (tertiary/aromatic N) is 1. The largest absolute Gasteiger partial charge is 0.398 e.